The zero-order valence-corrected chi connectivity index (χ0v) is 48.3. The van der Waals surface area contributed by atoms with Crippen LogP contribution in [0.25, 0.3) is 0 Å². The third-order valence-electron chi connectivity index (χ3n) is 12.2. The van der Waals surface area contributed by atoms with Gasteiger partial charge in [-0.25, -0.2) is 29.6 Å². The summed E-state index contributed by atoms with van der Waals surface area (Å²) in [6, 6.07) is 19.9. The van der Waals surface area contributed by atoms with E-state index in [1.165, 1.54) is 141 Å². The van der Waals surface area contributed by atoms with Crippen molar-refractivity contribution in [1.29, 1.82) is 0 Å². The number of hydrogen-bond donors (Lipinski definition) is 2. The van der Waals surface area contributed by atoms with Gasteiger partial charge in [0.2, 0.25) is 5.91 Å². The van der Waals surface area contributed by atoms with Crippen LogP contribution in [0.3, 0.4) is 0 Å². The smallest absolute Gasteiger partial charge is 0.266 e. The van der Waals surface area contributed by atoms with E-state index in [-0.39, 0.29) is 86.3 Å². The molecular formula is C50H51Cl3N6O9S6. The van der Waals surface area contributed by atoms with Gasteiger partial charge >= 0.3 is 0 Å². The van der Waals surface area contributed by atoms with E-state index in [9.17, 15) is 16.8 Å². The topological polar surface area (TPSA) is 192 Å². The first-order chi connectivity index (χ1) is 34.9. The predicted octanol–water partition coefficient (Wildman–Crippen LogP) is 11.2. The van der Waals surface area contributed by atoms with Crippen LogP contribution in [0.5, 0.6) is 5.75 Å². The molecule has 0 radical (unpaired) electrons. The van der Waals surface area contributed by atoms with Crippen LogP contribution in [0, 0.1) is 20.8 Å². The van der Waals surface area contributed by atoms with Crippen LogP contribution >= 0.6 is 68.8 Å². The number of amides is 2. The number of nitrogens with one attached hydrogen (secondary N) is 2. The summed E-state index contributed by atoms with van der Waals surface area (Å²) in [5, 5.41) is 4.97. The molecule has 0 aliphatic rings. The third-order valence-corrected chi connectivity index (χ3v) is 21.4. The van der Waals surface area contributed by atoms with E-state index in [0.29, 0.717) is 10.6 Å². The Bertz CT molecular complexity index is 3570. The maximum absolute atomic E-state index is 16.9. The van der Waals surface area contributed by atoms with Crippen LogP contribution in [0.15, 0.2) is 128 Å². The Kier molecular flexibility index (Phi) is 17.2. The zero-order valence-electron chi connectivity index (χ0n) is 41.1. The molecule has 0 saturated carbocycles. The molecule has 0 saturated heterocycles. The van der Waals surface area contributed by atoms with E-state index >= 15 is 18.0 Å². The highest BCUT2D eigenvalue weighted by Crippen LogP contribution is 2.57. The molecule has 0 aliphatic carbocycles. The molecule has 2 atom stereocenters. The molecule has 0 fully saturated rings. The number of carbonyl (C=O) groups excluding carboxylic acids is 2. The van der Waals surface area contributed by atoms with E-state index in [4.69, 9.17) is 39.5 Å². The number of nitrogens with zero attached hydrogens (tertiary/aromatic N) is 4. The highest BCUT2D eigenvalue weighted by molar-refractivity contribution is 7.93. The number of anilines is 3. The Hall–Kier alpha value is -5.23. The van der Waals surface area contributed by atoms with Gasteiger partial charge in [0.25, 0.3) is 36.0 Å². The van der Waals surface area contributed by atoms with Gasteiger partial charge in [-0.1, -0.05) is 53.0 Å². The first-order valence-corrected chi connectivity index (χ1v) is 30.6. The number of ether oxygens (including phenoxy) is 1. The van der Waals surface area contributed by atoms with Crippen LogP contribution in [-0.2, 0) is 51.6 Å². The van der Waals surface area contributed by atoms with Gasteiger partial charge in [-0.3, -0.25) is 24.0 Å². The number of rotatable bonds is 20. The van der Waals surface area contributed by atoms with Gasteiger partial charge in [0, 0.05) is 64.6 Å². The second-order valence-corrected chi connectivity index (χ2v) is 26.5. The Morgan fingerprint density at radius 3 is 1.77 bits per heavy atom. The number of sulfonamides is 3. The summed E-state index contributed by atoms with van der Waals surface area (Å²) < 4.78 is 104. The average molecular weight is 1180 g/mol. The lowest BCUT2D eigenvalue weighted by Crippen LogP contribution is -2.65. The second kappa shape index (κ2) is 22.5. The van der Waals surface area contributed by atoms with E-state index in [2.05, 4.69) is 14.4 Å². The molecule has 0 bridgehead atoms. The molecule has 3 aromatic carbocycles. The van der Waals surface area contributed by atoms with Crippen molar-refractivity contribution in [2.24, 2.45) is 0 Å². The standard InChI is InChI=1S/C50H51Cl3N6O9S6/c1-30(2)58(8)49(61)50(47-39(22-27-71-47)56-73(64,65)43-18-10-15-36(52)32(43)4,45(48(60)57(6)7)46-38(21-26-70-46)55-72(62,63)42-17-9-14-35(51)31(42)3)59(74(66,67)44-19-11-16-37(53)33(44)5)40-23-28-69-41(40)20-25-68-34-13-12-24-54-29-34/h9-19,21-24,26-30,45,55-56H,20,25H2,1-8H3. The number of pyridine rings is 1. The Labute approximate surface area is 458 Å². The summed E-state index contributed by atoms with van der Waals surface area (Å²) in [7, 11) is -10.2. The molecule has 392 valence electrons. The minimum Gasteiger partial charge on any atom is -0.492 e. The van der Waals surface area contributed by atoms with E-state index in [0.717, 1.165) is 38.3 Å². The van der Waals surface area contributed by atoms with Crippen molar-refractivity contribution in [2.75, 3.05) is 41.5 Å². The highest BCUT2D eigenvalue weighted by atomic mass is 35.5. The lowest BCUT2D eigenvalue weighted by Gasteiger charge is -2.49. The molecule has 0 aliphatic heterocycles. The zero-order chi connectivity index (χ0) is 54.1. The molecule has 74 heavy (non-hydrogen) atoms. The SMILES string of the molecule is Cc1c(Cl)cccc1S(=O)(=O)Nc1ccsc1C(C(=O)N(C)C)C(C(=O)N(C)C(C)C)(c1sccc1NS(=O)(=O)c1cccc(Cl)c1C)N(c1ccsc1CCOc1cccnc1)S(=O)(=O)c1cccc(Cl)c1C. The molecule has 7 aromatic rings. The van der Waals surface area contributed by atoms with Crippen LogP contribution in [0.1, 0.15) is 51.1 Å². The Morgan fingerprint density at radius 2 is 1.22 bits per heavy atom. The summed E-state index contributed by atoms with van der Waals surface area (Å²) in [6.45, 7) is 7.91. The van der Waals surface area contributed by atoms with E-state index in [1.54, 1.807) is 37.6 Å². The van der Waals surface area contributed by atoms with E-state index < -0.39 is 59.4 Å². The summed E-state index contributed by atoms with van der Waals surface area (Å²) in [6.07, 6.45) is 3.14. The maximum atomic E-state index is 16.9. The fourth-order valence-electron chi connectivity index (χ4n) is 8.23. The van der Waals surface area contributed by atoms with Crippen LogP contribution in [0.4, 0.5) is 17.1 Å². The van der Waals surface area contributed by atoms with Crippen molar-refractivity contribution in [3.63, 3.8) is 0 Å². The Morgan fingerprint density at radius 1 is 0.689 bits per heavy atom. The van der Waals surface area contributed by atoms with Crippen LogP contribution in [0.2, 0.25) is 15.1 Å². The lowest BCUT2D eigenvalue weighted by molar-refractivity contribution is -0.143. The number of benzene rings is 3. The van der Waals surface area contributed by atoms with Crippen molar-refractivity contribution < 1.29 is 39.6 Å². The van der Waals surface area contributed by atoms with Crippen molar-refractivity contribution in [1.82, 2.24) is 14.8 Å². The summed E-state index contributed by atoms with van der Waals surface area (Å²) in [4.78, 5) is 38.7. The van der Waals surface area contributed by atoms with Gasteiger partial charge in [0.05, 0.1) is 49.4 Å². The van der Waals surface area contributed by atoms with Crippen molar-refractivity contribution in [3.8, 4) is 5.75 Å². The lowest BCUT2D eigenvalue weighted by atomic mass is 9.77. The van der Waals surface area contributed by atoms with E-state index in [1.807, 2.05) is 0 Å². The second-order valence-electron chi connectivity index (χ2n) is 17.4. The Balaban J connectivity index is 1.67. The van der Waals surface area contributed by atoms with Crippen molar-refractivity contribution >= 4 is 128 Å². The molecule has 2 N–H and O–H groups in total. The summed E-state index contributed by atoms with van der Waals surface area (Å²) in [5.74, 6) is -3.47. The highest BCUT2D eigenvalue weighted by Gasteiger charge is 2.64. The molecule has 7 rings (SSSR count). The number of aromatic nitrogens is 1. The number of likely N-dealkylation sites (N-methyl/N-ethyl adjacent to an activating group) is 2. The first kappa shape index (κ1) is 56.5. The molecule has 4 aromatic heterocycles. The number of carbonyl (C=O) groups is 2. The number of hydrogen-bond acceptors (Lipinski definition) is 13. The molecule has 15 nitrogen and oxygen atoms in total. The van der Waals surface area contributed by atoms with Gasteiger partial charge in [-0.2, -0.15) is 0 Å². The van der Waals surface area contributed by atoms with Crippen molar-refractivity contribution in [2.45, 2.75) is 73.2 Å². The summed E-state index contributed by atoms with van der Waals surface area (Å²) >= 11 is 22.5. The van der Waals surface area contributed by atoms with Gasteiger partial charge in [0.1, 0.15) is 11.7 Å². The molecular weight excluding hydrogens is 1130 g/mol. The van der Waals surface area contributed by atoms with Crippen LogP contribution in [-0.4, -0.2) is 85.6 Å². The quantitative estimate of drug-likeness (QED) is 0.0742. The van der Waals surface area contributed by atoms with Crippen LogP contribution < -0.4 is 18.5 Å². The molecule has 2 unspecified atom stereocenters. The fraction of sp³-hybridized carbons (Fsp3) is 0.260. The average Bonchev–Trinajstić information content (AvgIpc) is 4.12. The normalized spacial score (nSPS) is 13.2. The largest absolute Gasteiger partial charge is 0.492 e. The minimum absolute atomic E-state index is 0.0149. The number of thiophene rings is 3. The molecule has 24 heteroatoms. The van der Waals surface area contributed by atoms with Crippen molar-refractivity contribution in [3.05, 3.63) is 160 Å². The summed E-state index contributed by atoms with van der Waals surface area (Å²) in [5.41, 5.74) is -2.94. The monoisotopic (exact) mass is 1180 g/mol. The maximum Gasteiger partial charge on any atom is 0.266 e. The van der Waals surface area contributed by atoms with Gasteiger partial charge in [-0.15, -0.1) is 34.0 Å². The van der Waals surface area contributed by atoms with Gasteiger partial charge < -0.3 is 14.5 Å². The minimum atomic E-state index is -5.24. The predicted molar refractivity (Wildman–Crippen MR) is 297 cm³/mol. The van der Waals surface area contributed by atoms with Gasteiger partial charge in [-0.05, 0) is 134 Å². The third kappa shape index (κ3) is 10.9. The van der Waals surface area contributed by atoms with Gasteiger partial charge in [0.15, 0.2) is 5.54 Å². The molecule has 4 heterocycles. The number of halogens is 3. The fourth-order valence-corrected chi connectivity index (χ4v) is 16.8. The molecule has 2 amide bonds. The first-order valence-electron chi connectivity index (χ1n) is 22.5. The molecule has 0 spiro atoms.